The molecular formula is C19H26N2. The Morgan fingerprint density at radius 2 is 1.48 bits per heavy atom. The normalized spacial score (nSPS) is 15.4. The maximum atomic E-state index is 6.38. The Morgan fingerprint density at radius 1 is 0.857 bits per heavy atom. The molecule has 0 aromatic heterocycles. The van der Waals surface area contributed by atoms with Crippen molar-refractivity contribution in [3.8, 4) is 0 Å². The van der Waals surface area contributed by atoms with Crippen LogP contribution in [0.5, 0.6) is 0 Å². The van der Waals surface area contributed by atoms with E-state index in [9.17, 15) is 0 Å². The third-order valence-electron chi connectivity index (χ3n) is 4.17. The standard InChI is InChI=1S/C19H26N2/c1-3-15(13-19(21)16-8-5-4-6-9-16)18-11-7-10-17(12-18)14(2)20/h4-12,14-15,19H,3,13,20-21H2,1-2H3/t14-,15-,19+/m1/s1. The summed E-state index contributed by atoms with van der Waals surface area (Å²) in [5.74, 6) is 0.471. The fourth-order valence-corrected chi connectivity index (χ4v) is 2.78. The van der Waals surface area contributed by atoms with Gasteiger partial charge in [0, 0.05) is 12.1 Å². The summed E-state index contributed by atoms with van der Waals surface area (Å²) in [5, 5.41) is 0. The van der Waals surface area contributed by atoms with E-state index in [0.717, 1.165) is 12.8 Å². The Morgan fingerprint density at radius 3 is 2.10 bits per heavy atom. The van der Waals surface area contributed by atoms with Crippen LogP contribution in [0.2, 0.25) is 0 Å². The van der Waals surface area contributed by atoms with Gasteiger partial charge in [0.15, 0.2) is 0 Å². The molecule has 3 atom stereocenters. The third-order valence-corrected chi connectivity index (χ3v) is 4.17. The summed E-state index contributed by atoms with van der Waals surface area (Å²) in [6, 6.07) is 19.1. The Kier molecular flexibility index (Phi) is 5.54. The zero-order chi connectivity index (χ0) is 15.2. The first-order valence-corrected chi connectivity index (χ1v) is 7.77. The predicted octanol–water partition coefficient (Wildman–Crippen LogP) is 4.29. The molecule has 112 valence electrons. The lowest BCUT2D eigenvalue weighted by molar-refractivity contribution is 0.530. The second kappa shape index (κ2) is 7.39. The van der Waals surface area contributed by atoms with Crippen LogP contribution in [0.15, 0.2) is 54.6 Å². The third kappa shape index (κ3) is 4.16. The number of nitrogens with two attached hydrogens (primary N) is 2. The van der Waals surface area contributed by atoms with Crippen molar-refractivity contribution in [1.29, 1.82) is 0 Å². The molecule has 0 heterocycles. The van der Waals surface area contributed by atoms with E-state index in [2.05, 4.69) is 43.3 Å². The number of benzene rings is 2. The molecule has 2 aromatic rings. The van der Waals surface area contributed by atoms with E-state index in [0.29, 0.717) is 5.92 Å². The molecule has 2 aromatic carbocycles. The molecular weight excluding hydrogens is 256 g/mol. The molecule has 0 aliphatic carbocycles. The van der Waals surface area contributed by atoms with Gasteiger partial charge < -0.3 is 11.5 Å². The minimum absolute atomic E-state index is 0.0743. The van der Waals surface area contributed by atoms with Gasteiger partial charge in [-0.05, 0) is 42.4 Å². The topological polar surface area (TPSA) is 52.0 Å². The summed E-state index contributed by atoms with van der Waals surface area (Å²) in [6.07, 6.45) is 2.05. The molecule has 2 heteroatoms. The van der Waals surface area contributed by atoms with Crippen LogP contribution < -0.4 is 11.5 Å². The van der Waals surface area contributed by atoms with E-state index in [1.807, 2.05) is 25.1 Å². The monoisotopic (exact) mass is 282 g/mol. The summed E-state index contributed by atoms with van der Waals surface area (Å²) in [4.78, 5) is 0. The molecule has 2 rings (SSSR count). The highest BCUT2D eigenvalue weighted by Crippen LogP contribution is 2.30. The molecule has 0 aliphatic rings. The van der Waals surface area contributed by atoms with Crippen LogP contribution in [0, 0.1) is 0 Å². The zero-order valence-corrected chi connectivity index (χ0v) is 13.0. The van der Waals surface area contributed by atoms with Crippen molar-refractivity contribution in [1.82, 2.24) is 0 Å². The first-order valence-electron chi connectivity index (χ1n) is 7.77. The van der Waals surface area contributed by atoms with E-state index in [-0.39, 0.29) is 12.1 Å². The van der Waals surface area contributed by atoms with Gasteiger partial charge in [0.2, 0.25) is 0 Å². The van der Waals surface area contributed by atoms with Crippen LogP contribution in [0.1, 0.15) is 61.4 Å². The Bertz CT molecular complexity index is 549. The van der Waals surface area contributed by atoms with Crippen molar-refractivity contribution in [3.05, 3.63) is 71.3 Å². The molecule has 0 radical (unpaired) electrons. The number of hydrogen-bond donors (Lipinski definition) is 2. The van der Waals surface area contributed by atoms with Crippen molar-refractivity contribution in [2.75, 3.05) is 0 Å². The lowest BCUT2D eigenvalue weighted by Crippen LogP contribution is -2.15. The van der Waals surface area contributed by atoms with Crippen molar-refractivity contribution in [2.24, 2.45) is 11.5 Å². The van der Waals surface area contributed by atoms with Gasteiger partial charge in [0.05, 0.1) is 0 Å². The van der Waals surface area contributed by atoms with E-state index in [4.69, 9.17) is 11.5 Å². The minimum Gasteiger partial charge on any atom is -0.324 e. The van der Waals surface area contributed by atoms with Gasteiger partial charge in [-0.1, -0.05) is 61.5 Å². The van der Waals surface area contributed by atoms with E-state index in [1.165, 1.54) is 16.7 Å². The molecule has 2 nitrogen and oxygen atoms in total. The fourth-order valence-electron chi connectivity index (χ4n) is 2.78. The Hall–Kier alpha value is -1.64. The van der Waals surface area contributed by atoms with Gasteiger partial charge in [0.25, 0.3) is 0 Å². The highest BCUT2D eigenvalue weighted by Gasteiger charge is 2.16. The zero-order valence-electron chi connectivity index (χ0n) is 13.0. The van der Waals surface area contributed by atoms with Gasteiger partial charge in [-0.2, -0.15) is 0 Å². The molecule has 0 bridgehead atoms. The maximum Gasteiger partial charge on any atom is 0.0300 e. The predicted molar refractivity (Wildman–Crippen MR) is 90.1 cm³/mol. The molecule has 0 saturated heterocycles. The molecule has 0 amide bonds. The summed E-state index contributed by atoms with van der Waals surface area (Å²) >= 11 is 0. The van der Waals surface area contributed by atoms with Crippen LogP contribution in [0.3, 0.4) is 0 Å². The van der Waals surface area contributed by atoms with Gasteiger partial charge in [0.1, 0.15) is 0 Å². The number of rotatable bonds is 6. The highest BCUT2D eigenvalue weighted by molar-refractivity contribution is 5.29. The van der Waals surface area contributed by atoms with Crippen molar-refractivity contribution < 1.29 is 0 Å². The van der Waals surface area contributed by atoms with Crippen LogP contribution in [0.25, 0.3) is 0 Å². The second-order valence-corrected chi connectivity index (χ2v) is 5.82. The summed E-state index contributed by atoms with van der Waals surface area (Å²) in [6.45, 7) is 4.25. The summed E-state index contributed by atoms with van der Waals surface area (Å²) < 4.78 is 0. The quantitative estimate of drug-likeness (QED) is 0.830. The van der Waals surface area contributed by atoms with E-state index < -0.39 is 0 Å². The molecule has 0 saturated carbocycles. The van der Waals surface area contributed by atoms with Crippen molar-refractivity contribution in [3.63, 3.8) is 0 Å². The summed E-state index contributed by atoms with van der Waals surface area (Å²) in [7, 11) is 0. The lowest BCUT2D eigenvalue weighted by Gasteiger charge is -2.21. The Balaban J connectivity index is 2.14. The fraction of sp³-hybridized carbons (Fsp3) is 0.368. The van der Waals surface area contributed by atoms with Crippen LogP contribution in [-0.4, -0.2) is 0 Å². The average molecular weight is 282 g/mol. The first-order chi connectivity index (χ1) is 10.1. The maximum absolute atomic E-state index is 6.38. The molecule has 0 spiro atoms. The summed E-state index contributed by atoms with van der Waals surface area (Å²) in [5.41, 5.74) is 16.1. The van der Waals surface area contributed by atoms with Crippen LogP contribution in [-0.2, 0) is 0 Å². The van der Waals surface area contributed by atoms with Crippen molar-refractivity contribution in [2.45, 2.75) is 44.7 Å². The molecule has 4 N–H and O–H groups in total. The average Bonchev–Trinajstić information content (AvgIpc) is 2.53. The van der Waals surface area contributed by atoms with Gasteiger partial charge in [-0.3, -0.25) is 0 Å². The van der Waals surface area contributed by atoms with Gasteiger partial charge in [-0.25, -0.2) is 0 Å². The Labute approximate surface area is 128 Å². The van der Waals surface area contributed by atoms with Gasteiger partial charge >= 0.3 is 0 Å². The van der Waals surface area contributed by atoms with Crippen molar-refractivity contribution >= 4 is 0 Å². The lowest BCUT2D eigenvalue weighted by atomic mass is 9.87. The van der Waals surface area contributed by atoms with Crippen LogP contribution in [0.4, 0.5) is 0 Å². The van der Waals surface area contributed by atoms with Crippen LogP contribution >= 0.6 is 0 Å². The number of hydrogen-bond acceptors (Lipinski definition) is 2. The first kappa shape index (κ1) is 15.7. The van der Waals surface area contributed by atoms with E-state index >= 15 is 0 Å². The second-order valence-electron chi connectivity index (χ2n) is 5.82. The molecule has 0 fully saturated rings. The molecule has 0 aliphatic heterocycles. The highest BCUT2D eigenvalue weighted by atomic mass is 14.6. The van der Waals surface area contributed by atoms with Gasteiger partial charge in [-0.15, -0.1) is 0 Å². The molecule has 21 heavy (non-hydrogen) atoms. The largest absolute Gasteiger partial charge is 0.324 e. The SMILES string of the molecule is CC[C@H](C[C@H](N)c1ccccc1)c1cccc([C@@H](C)N)c1. The smallest absolute Gasteiger partial charge is 0.0300 e. The molecule has 0 unspecified atom stereocenters. The minimum atomic E-state index is 0.0743. The van der Waals surface area contributed by atoms with E-state index in [1.54, 1.807) is 0 Å².